The predicted molar refractivity (Wildman–Crippen MR) is 87.6 cm³/mol. The normalized spacial score (nSPS) is 15.5. The molecule has 0 aliphatic carbocycles. The average molecular weight is 403 g/mol. The maximum Gasteiger partial charge on any atom is 0.304 e. The molecule has 0 spiro atoms. The van der Waals surface area contributed by atoms with Gasteiger partial charge in [0, 0.05) is 38.5 Å². The van der Waals surface area contributed by atoms with E-state index in [4.69, 9.17) is 5.73 Å². The Bertz CT molecular complexity index is 895. The summed E-state index contributed by atoms with van der Waals surface area (Å²) >= 11 is 0. The van der Waals surface area contributed by atoms with Crippen LogP contribution in [-0.4, -0.2) is 38.2 Å². The lowest BCUT2D eigenvalue weighted by atomic mass is 10.0. The zero-order valence-corrected chi connectivity index (χ0v) is 14.9. The molecule has 0 saturated heterocycles. The van der Waals surface area contributed by atoms with E-state index in [1.54, 1.807) is 0 Å². The van der Waals surface area contributed by atoms with Gasteiger partial charge in [-0.2, -0.15) is 8.78 Å². The van der Waals surface area contributed by atoms with Gasteiger partial charge in [-0.05, 0) is 18.1 Å². The monoisotopic (exact) mass is 403 g/mol. The number of halogens is 5. The molecule has 0 radical (unpaired) electrons. The number of aromatic nitrogens is 3. The number of fused-ring (bicyclic) bond motifs is 1. The molecule has 0 fully saturated rings. The molecule has 6 nitrogen and oxygen atoms in total. The quantitative estimate of drug-likeness (QED) is 0.613. The molecule has 2 N–H and O–H groups in total. The van der Waals surface area contributed by atoms with E-state index in [-0.39, 0.29) is 49.8 Å². The van der Waals surface area contributed by atoms with Gasteiger partial charge in [-0.1, -0.05) is 0 Å². The van der Waals surface area contributed by atoms with E-state index in [0.717, 1.165) is 6.92 Å². The van der Waals surface area contributed by atoms with Crippen LogP contribution < -0.4 is 5.73 Å². The molecule has 1 amide bonds. The topological polar surface area (TPSA) is 77.0 Å². The second kappa shape index (κ2) is 7.46. The molecule has 28 heavy (non-hydrogen) atoms. The van der Waals surface area contributed by atoms with E-state index in [0.29, 0.717) is 12.1 Å². The van der Waals surface area contributed by atoms with Crippen LogP contribution in [0.25, 0.3) is 0 Å². The number of alkyl halides is 2. The summed E-state index contributed by atoms with van der Waals surface area (Å²) < 4.78 is 68.2. The number of carbonyl (C=O) groups is 1. The van der Waals surface area contributed by atoms with Gasteiger partial charge in [-0.15, -0.1) is 10.2 Å². The van der Waals surface area contributed by atoms with Crippen molar-refractivity contribution in [1.82, 2.24) is 19.7 Å². The molecule has 1 atom stereocenters. The molecule has 1 aromatic heterocycles. The maximum atomic E-state index is 13.7. The molecule has 1 aliphatic rings. The van der Waals surface area contributed by atoms with E-state index in [1.807, 2.05) is 0 Å². The Labute approximate surface area is 157 Å². The number of rotatable bonds is 5. The van der Waals surface area contributed by atoms with Crippen LogP contribution in [0, 0.1) is 17.5 Å². The molecule has 152 valence electrons. The van der Waals surface area contributed by atoms with Crippen molar-refractivity contribution in [3.8, 4) is 0 Å². The van der Waals surface area contributed by atoms with Crippen LogP contribution in [0.2, 0.25) is 0 Å². The first-order valence-electron chi connectivity index (χ1n) is 8.53. The molecule has 11 heteroatoms. The van der Waals surface area contributed by atoms with Crippen LogP contribution in [0.4, 0.5) is 22.0 Å². The van der Waals surface area contributed by atoms with Gasteiger partial charge in [-0.3, -0.25) is 4.79 Å². The van der Waals surface area contributed by atoms with E-state index >= 15 is 0 Å². The molecule has 2 heterocycles. The SMILES string of the molecule is CC(F)(F)c1nnc2n1CCN(C(=O)C[C@@H](N)Cc1cc(F)c(F)cc1F)C2. The third kappa shape index (κ3) is 4.13. The Morgan fingerprint density at radius 2 is 1.86 bits per heavy atom. The second-order valence-electron chi connectivity index (χ2n) is 6.82. The highest BCUT2D eigenvalue weighted by molar-refractivity contribution is 5.76. The molecule has 0 unspecified atom stereocenters. The van der Waals surface area contributed by atoms with E-state index in [9.17, 15) is 26.7 Å². The van der Waals surface area contributed by atoms with Gasteiger partial charge in [0.15, 0.2) is 17.5 Å². The molecule has 3 rings (SSSR count). The van der Waals surface area contributed by atoms with Gasteiger partial charge in [-0.25, -0.2) is 13.2 Å². The summed E-state index contributed by atoms with van der Waals surface area (Å²) in [6.07, 6.45) is -0.339. The molecule has 2 aromatic rings. The summed E-state index contributed by atoms with van der Waals surface area (Å²) in [6, 6.07) is 0.310. The maximum absolute atomic E-state index is 13.7. The zero-order valence-electron chi connectivity index (χ0n) is 14.9. The Morgan fingerprint density at radius 3 is 2.54 bits per heavy atom. The van der Waals surface area contributed by atoms with Gasteiger partial charge >= 0.3 is 5.92 Å². The fourth-order valence-electron chi connectivity index (χ4n) is 3.12. The number of carbonyl (C=O) groups excluding carboxylic acids is 1. The predicted octanol–water partition coefficient (Wildman–Crippen LogP) is 2.11. The molecule has 0 saturated carbocycles. The van der Waals surface area contributed by atoms with E-state index in [1.165, 1.54) is 9.47 Å². The van der Waals surface area contributed by atoms with Crippen molar-refractivity contribution >= 4 is 5.91 Å². The zero-order chi connectivity index (χ0) is 20.6. The molecular formula is C17H18F5N5O. The van der Waals surface area contributed by atoms with Crippen LogP contribution in [0.1, 0.15) is 30.6 Å². The minimum Gasteiger partial charge on any atom is -0.333 e. The van der Waals surface area contributed by atoms with Gasteiger partial charge < -0.3 is 15.2 Å². The first kappa shape index (κ1) is 20.2. The fraction of sp³-hybridized carbons (Fsp3) is 0.471. The second-order valence-corrected chi connectivity index (χ2v) is 6.82. The van der Waals surface area contributed by atoms with Crippen LogP contribution in [-0.2, 0) is 30.2 Å². The molecule has 1 aromatic carbocycles. The standard InChI is InChI=1S/C17H18F5N5O/c1-17(21,22)16-25-24-14-8-26(2-3-27(14)16)15(28)6-10(23)4-9-5-12(19)13(20)7-11(9)18/h5,7,10H,2-4,6,8,23H2,1H3/t10-/m0/s1. The van der Waals surface area contributed by atoms with Crippen LogP contribution in [0.5, 0.6) is 0 Å². The van der Waals surface area contributed by atoms with Crippen molar-refractivity contribution in [2.75, 3.05) is 6.54 Å². The highest BCUT2D eigenvalue weighted by atomic mass is 19.3. The minimum atomic E-state index is -3.14. The Balaban J connectivity index is 1.63. The molecule has 0 bridgehead atoms. The van der Waals surface area contributed by atoms with Crippen molar-refractivity contribution in [2.45, 2.75) is 44.8 Å². The smallest absolute Gasteiger partial charge is 0.304 e. The summed E-state index contributed by atoms with van der Waals surface area (Å²) in [5.74, 6) is -7.20. The highest BCUT2D eigenvalue weighted by Gasteiger charge is 2.35. The number of hydrogen-bond donors (Lipinski definition) is 1. The molecule has 1 aliphatic heterocycles. The number of nitrogens with two attached hydrogens (primary N) is 1. The van der Waals surface area contributed by atoms with Crippen LogP contribution in [0.3, 0.4) is 0 Å². The molecular weight excluding hydrogens is 385 g/mol. The van der Waals surface area contributed by atoms with Gasteiger partial charge in [0.05, 0.1) is 6.54 Å². The summed E-state index contributed by atoms with van der Waals surface area (Å²) in [5, 5.41) is 7.21. The Hall–Kier alpha value is -2.56. The minimum absolute atomic E-state index is 0.00578. The average Bonchev–Trinajstić information content (AvgIpc) is 3.03. The van der Waals surface area contributed by atoms with Crippen molar-refractivity contribution in [2.24, 2.45) is 5.73 Å². The summed E-state index contributed by atoms with van der Waals surface area (Å²) in [5.41, 5.74) is 5.73. The number of nitrogens with zero attached hydrogens (tertiary/aromatic N) is 4. The largest absolute Gasteiger partial charge is 0.333 e. The van der Waals surface area contributed by atoms with Crippen molar-refractivity contribution < 1.29 is 26.7 Å². The number of benzene rings is 1. The lowest BCUT2D eigenvalue weighted by Gasteiger charge is -2.29. The van der Waals surface area contributed by atoms with Gasteiger partial charge in [0.1, 0.15) is 5.82 Å². The van der Waals surface area contributed by atoms with Crippen LogP contribution in [0.15, 0.2) is 12.1 Å². The summed E-state index contributed by atoms with van der Waals surface area (Å²) in [4.78, 5) is 13.8. The van der Waals surface area contributed by atoms with Crippen LogP contribution >= 0.6 is 0 Å². The number of hydrogen-bond acceptors (Lipinski definition) is 4. The first-order valence-corrected chi connectivity index (χ1v) is 8.53. The Kier molecular flexibility index (Phi) is 5.37. The van der Waals surface area contributed by atoms with Crippen molar-refractivity contribution in [3.05, 3.63) is 46.8 Å². The summed E-state index contributed by atoms with van der Waals surface area (Å²) in [6.45, 7) is 0.992. The number of amides is 1. The lowest BCUT2D eigenvalue weighted by molar-refractivity contribution is -0.133. The van der Waals surface area contributed by atoms with Crippen molar-refractivity contribution in [1.29, 1.82) is 0 Å². The van der Waals surface area contributed by atoms with E-state index in [2.05, 4.69) is 10.2 Å². The fourth-order valence-corrected chi connectivity index (χ4v) is 3.12. The Morgan fingerprint density at radius 1 is 1.18 bits per heavy atom. The van der Waals surface area contributed by atoms with Gasteiger partial charge in [0.25, 0.3) is 0 Å². The van der Waals surface area contributed by atoms with Gasteiger partial charge in [0.2, 0.25) is 11.7 Å². The highest BCUT2D eigenvalue weighted by Crippen LogP contribution is 2.27. The van der Waals surface area contributed by atoms with Crippen molar-refractivity contribution in [3.63, 3.8) is 0 Å². The summed E-state index contributed by atoms with van der Waals surface area (Å²) in [7, 11) is 0. The third-order valence-electron chi connectivity index (χ3n) is 4.51. The lowest BCUT2D eigenvalue weighted by Crippen LogP contribution is -2.42. The first-order chi connectivity index (χ1) is 13.1. The third-order valence-corrected chi connectivity index (χ3v) is 4.51. The van der Waals surface area contributed by atoms with E-state index < -0.39 is 35.2 Å².